The predicted molar refractivity (Wildman–Crippen MR) is 88.7 cm³/mol. The second-order valence-electron chi connectivity index (χ2n) is 6.05. The Morgan fingerprint density at radius 3 is 2.79 bits per heavy atom. The van der Waals surface area contributed by atoms with Crippen molar-refractivity contribution >= 4 is 27.7 Å². The number of halogens is 1. The van der Waals surface area contributed by atoms with Crippen LogP contribution in [0.25, 0.3) is 0 Å². The third kappa shape index (κ3) is 3.37. The first-order chi connectivity index (χ1) is 11.3. The number of fused-ring (bicyclic) bond motifs is 1. The number of rotatable bonds is 2. The summed E-state index contributed by atoms with van der Waals surface area (Å²) in [6.07, 6.45) is 0.713. The molecule has 7 nitrogen and oxygen atoms in total. The van der Waals surface area contributed by atoms with Gasteiger partial charge in [-0.2, -0.15) is 4.31 Å². The number of amides is 1. The molecule has 0 saturated carbocycles. The maximum absolute atomic E-state index is 11.9. The molecular weight excluding hydrogens is 356 g/mol. The Hall–Kier alpha value is -1.35. The van der Waals surface area contributed by atoms with Crippen molar-refractivity contribution in [1.82, 2.24) is 9.21 Å². The van der Waals surface area contributed by atoms with E-state index in [1.54, 1.807) is 6.07 Å². The fourth-order valence-electron chi connectivity index (χ4n) is 3.30. The molecule has 1 aromatic rings. The van der Waals surface area contributed by atoms with Gasteiger partial charge in [0, 0.05) is 24.7 Å². The van der Waals surface area contributed by atoms with Crippen molar-refractivity contribution in [2.24, 2.45) is 0 Å². The molecule has 132 valence electrons. The molecule has 0 bridgehead atoms. The Labute approximate surface area is 145 Å². The molecule has 0 radical (unpaired) electrons. The van der Waals surface area contributed by atoms with Crippen molar-refractivity contribution in [2.75, 3.05) is 32.6 Å². The van der Waals surface area contributed by atoms with Crippen LogP contribution < -0.4 is 0 Å². The van der Waals surface area contributed by atoms with Gasteiger partial charge in [0.25, 0.3) is 0 Å². The number of carboxylic acid groups (broad SMARTS) is 1. The van der Waals surface area contributed by atoms with Gasteiger partial charge in [-0.3, -0.25) is 4.90 Å². The van der Waals surface area contributed by atoms with Crippen LogP contribution in [0.5, 0.6) is 0 Å². The zero-order valence-corrected chi connectivity index (χ0v) is 14.8. The summed E-state index contributed by atoms with van der Waals surface area (Å²) < 4.78 is 30.7. The topological polar surface area (TPSA) is 87.2 Å². The van der Waals surface area contributed by atoms with E-state index in [2.05, 4.69) is 0 Å². The second kappa shape index (κ2) is 6.51. The summed E-state index contributed by atoms with van der Waals surface area (Å²) in [7, 11) is -3.32. The number of morpholine rings is 1. The molecule has 1 amide bonds. The molecule has 2 aliphatic rings. The summed E-state index contributed by atoms with van der Waals surface area (Å²) >= 11 is 6.22. The van der Waals surface area contributed by atoms with E-state index in [1.165, 1.54) is 15.5 Å². The summed E-state index contributed by atoms with van der Waals surface area (Å²) in [5.74, 6) is 0. The van der Waals surface area contributed by atoms with Gasteiger partial charge in [-0.1, -0.05) is 11.6 Å². The van der Waals surface area contributed by atoms with Crippen LogP contribution in [0, 0.1) is 0 Å². The summed E-state index contributed by atoms with van der Waals surface area (Å²) in [4.78, 5) is 12.9. The smallest absolute Gasteiger partial charge is 0.407 e. The maximum atomic E-state index is 11.9. The van der Waals surface area contributed by atoms with Crippen molar-refractivity contribution in [3.05, 3.63) is 33.8 Å². The van der Waals surface area contributed by atoms with Crippen LogP contribution in [0.2, 0.25) is 5.02 Å². The van der Waals surface area contributed by atoms with Gasteiger partial charge in [-0.25, -0.2) is 13.2 Å². The normalized spacial score (nSPS) is 22.2. The zero-order valence-electron chi connectivity index (χ0n) is 13.2. The molecule has 2 aliphatic heterocycles. The number of benzene rings is 1. The van der Waals surface area contributed by atoms with Crippen molar-refractivity contribution in [3.8, 4) is 0 Å². The monoisotopic (exact) mass is 374 g/mol. The fraction of sp³-hybridized carbons (Fsp3) is 0.533. The van der Waals surface area contributed by atoms with E-state index < -0.39 is 22.2 Å². The fourth-order valence-corrected chi connectivity index (χ4v) is 4.34. The highest BCUT2D eigenvalue weighted by molar-refractivity contribution is 7.88. The summed E-state index contributed by atoms with van der Waals surface area (Å²) in [5, 5.41) is 9.98. The number of nitrogens with zero attached hydrogens (tertiary/aromatic N) is 2. The molecule has 1 fully saturated rings. The van der Waals surface area contributed by atoms with E-state index in [0.29, 0.717) is 24.6 Å². The van der Waals surface area contributed by atoms with Crippen molar-refractivity contribution in [3.63, 3.8) is 0 Å². The van der Waals surface area contributed by atoms with Crippen molar-refractivity contribution in [1.29, 1.82) is 0 Å². The third-order valence-corrected chi connectivity index (χ3v) is 5.98. The molecule has 9 heteroatoms. The SMILES string of the molecule is CS(=O)(=O)N1CCc2cc(Cl)cc(C3COCCN3C(=O)O)c2C1. The molecule has 0 aliphatic carbocycles. The summed E-state index contributed by atoms with van der Waals surface area (Å²) in [6.45, 7) is 1.48. The van der Waals surface area contributed by atoms with Crippen molar-refractivity contribution in [2.45, 2.75) is 19.0 Å². The van der Waals surface area contributed by atoms with Gasteiger partial charge < -0.3 is 9.84 Å². The van der Waals surface area contributed by atoms with E-state index in [9.17, 15) is 18.3 Å². The maximum Gasteiger partial charge on any atom is 0.407 e. The number of ether oxygens (including phenoxy) is 1. The van der Waals surface area contributed by atoms with Crippen LogP contribution in [0.15, 0.2) is 12.1 Å². The number of carbonyl (C=O) groups is 1. The Bertz CT molecular complexity index is 767. The van der Waals surface area contributed by atoms with Crippen LogP contribution in [-0.2, 0) is 27.7 Å². The molecule has 2 heterocycles. The molecular formula is C15H19ClN2O5S. The molecule has 1 saturated heterocycles. The van der Waals surface area contributed by atoms with E-state index >= 15 is 0 Å². The molecule has 1 unspecified atom stereocenters. The zero-order chi connectivity index (χ0) is 17.5. The second-order valence-corrected chi connectivity index (χ2v) is 8.46. The highest BCUT2D eigenvalue weighted by Crippen LogP contribution is 2.35. The lowest BCUT2D eigenvalue weighted by atomic mass is 9.91. The highest BCUT2D eigenvalue weighted by atomic mass is 35.5. The lowest BCUT2D eigenvalue weighted by molar-refractivity contribution is -0.00135. The van der Waals surface area contributed by atoms with Gasteiger partial charge in [0.1, 0.15) is 0 Å². The molecule has 1 N–H and O–H groups in total. The molecule has 24 heavy (non-hydrogen) atoms. The largest absolute Gasteiger partial charge is 0.465 e. The van der Waals surface area contributed by atoms with Gasteiger partial charge in [0.2, 0.25) is 10.0 Å². The van der Waals surface area contributed by atoms with Crippen LogP contribution in [0.1, 0.15) is 22.7 Å². The highest BCUT2D eigenvalue weighted by Gasteiger charge is 2.33. The molecule has 0 aromatic heterocycles. The first kappa shape index (κ1) is 17.5. The molecule has 1 atom stereocenters. The quantitative estimate of drug-likeness (QED) is 0.851. The number of hydrogen-bond donors (Lipinski definition) is 1. The van der Waals surface area contributed by atoms with E-state index in [0.717, 1.165) is 16.7 Å². The van der Waals surface area contributed by atoms with Crippen LogP contribution in [0.4, 0.5) is 4.79 Å². The minimum atomic E-state index is -3.32. The average Bonchev–Trinajstić information content (AvgIpc) is 2.52. The Kier molecular flexibility index (Phi) is 4.74. The van der Waals surface area contributed by atoms with Crippen LogP contribution >= 0.6 is 11.6 Å². The van der Waals surface area contributed by atoms with Crippen molar-refractivity contribution < 1.29 is 23.1 Å². The number of hydrogen-bond acceptors (Lipinski definition) is 4. The van der Waals surface area contributed by atoms with Crippen LogP contribution in [-0.4, -0.2) is 61.4 Å². The summed E-state index contributed by atoms with van der Waals surface area (Å²) in [5.41, 5.74) is 2.53. The first-order valence-electron chi connectivity index (χ1n) is 7.61. The minimum absolute atomic E-state index is 0.227. The van der Waals surface area contributed by atoms with E-state index in [4.69, 9.17) is 16.3 Å². The van der Waals surface area contributed by atoms with E-state index in [-0.39, 0.29) is 19.7 Å². The standard InChI is InChI=1S/C15H19ClN2O5S/c1-24(21,22)17-3-2-10-6-11(16)7-12(13(10)8-17)14-9-23-5-4-18(14)15(19)20/h6-7,14H,2-5,8-9H2,1H3,(H,19,20). The minimum Gasteiger partial charge on any atom is -0.465 e. The number of sulfonamides is 1. The van der Waals surface area contributed by atoms with Gasteiger partial charge in [-0.05, 0) is 35.2 Å². The third-order valence-electron chi connectivity index (χ3n) is 4.51. The lowest BCUT2D eigenvalue weighted by Crippen LogP contribution is -2.44. The molecule has 0 spiro atoms. The van der Waals surface area contributed by atoms with E-state index in [1.807, 2.05) is 6.07 Å². The molecule has 3 rings (SSSR count). The van der Waals surface area contributed by atoms with Gasteiger partial charge >= 0.3 is 6.09 Å². The Balaban J connectivity index is 2.05. The Morgan fingerprint density at radius 2 is 2.12 bits per heavy atom. The van der Waals surface area contributed by atoms with Gasteiger partial charge in [0.15, 0.2) is 0 Å². The average molecular weight is 375 g/mol. The molecule has 1 aromatic carbocycles. The first-order valence-corrected chi connectivity index (χ1v) is 9.83. The predicted octanol–water partition coefficient (Wildman–Crippen LogP) is 1.71. The Morgan fingerprint density at radius 1 is 1.38 bits per heavy atom. The van der Waals surface area contributed by atoms with Gasteiger partial charge in [-0.15, -0.1) is 0 Å². The van der Waals surface area contributed by atoms with Crippen LogP contribution in [0.3, 0.4) is 0 Å². The lowest BCUT2D eigenvalue weighted by Gasteiger charge is -2.37. The summed E-state index contributed by atoms with van der Waals surface area (Å²) in [6, 6.07) is 3.07. The van der Waals surface area contributed by atoms with Gasteiger partial charge in [0.05, 0.1) is 25.5 Å².